The number of rotatable bonds is 2. The molecule has 1 aliphatic carbocycles. The zero-order valence-electron chi connectivity index (χ0n) is 7.33. The summed E-state index contributed by atoms with van der Waals surface area (Å²) in [5, 5.41) is 18.0. The Kier molecular flexibility index (Phi) is 1.82. The molecule has 0 saturated carbocycles. The summed E-state index contributed by atoms with van der Waals surface area (Å²) in [6, 6.07) is 4.03. The summed E-state index contributed by atoms with van der Waals surface area (Å²) in [6.07, 6.45) is 0.272. The van der Waals surface area contributed by atoms with Crippen LogP contribution in [0.15, 0.2) is 18.2 Å². The van der Waals surface area contributed by atoms with Crippen LogP contribution in [0.25, 0.3) is 0 Å². The molecule has 1 aromatic rings. The molecule has 0 spiro atoms. The van der Waals surface area contributed by atoms with Gasteiger partial charge in [0.15, 0.2) is 0 Å². The van der Waals surface area contributed by atoms with Crippen molar-refractivity contribution in [2.24, 2.45) is 0 Å². The molecular formula is C10H9FO3. The number of halogens is 1. The minimum absolute atomic E-state index is 0.272. The lowest BCUT2D eigenvalue weighted by Crippen LogP contribution is -2.49. The maximum atomic E-state index is 12.8. The lowest BCUT2D eigenvalue weighted by Gasteiger charge is -2.38. The highest BCUT2D eigenvalue weighted by molar-refractivity contribution is 5.85. The van der Waals surface area contributed by atoms with Crippen molar-refractivity contribution in [3.8, 4) is 0 Å². The predicted molar refractivity (Wildman–Crippen MR) is 46.5 cm³/mol. The summed E-state index contributed by atoms with van der Waals surface area (Å²) in [7, 11) is 0. The van der Waals surface area contributed by atoms with Crippen LogP contribution in [0.2, 0.25) is 0 Å². The Morgan fingerprint density at radius 1 is 1.57 bits per heavy atom. The third-order valence-corrected chi connectivity index (χ3v) is 2.76. The molecule has 3 nitrogen and oxygen atoms in total. The van der Waals surface area contributed by atoms with Crippen LogP contribution in [0, 0.1) is 5.82 Å². The van der Waals surface area contributed by atoms with Crippen LogP contribution in [-0.4, -0.2) is 22.8 Å². The van der Waals surface area contributed by atoms with Gasteiger partial charge in [-0.05, 0) is 29.7 Å². The van der Waals surface area contributed by atoms with E-state index in [2.05, 4.69) is 0 Å². The van der Waals surface area contributed by atoms with Crippen molar-refractivity contribution in [3.05, 3.63) is 35.1 Å². The Morgan fingerprint density at radius 3 is 2.86 bits per heavy atom. The number of hydrogen-bond acceptors (Lipinski definition) is 2. The number of hydrogen-bond donors (Lipinski definition) is 2. The average molecular weight is 196 g/mol. The maximum Gasteiger partial charge on any atom is 0.316 e. The topological polar surface area (TPSA) is 57.5 Å². The molecule has 4 heteroatoms. The van der Waals surface area contributed by atoms with Crippen LogP contribution in [0.1, 0.15) is 11.1 Å². The third kappa shape index (κ3) is 0.974. The van der Waals surface area contributed by atoms with Crippen LogP contribution in [0.5, 0.6) is 0 Å². The third-order valence-electron chi connectivity index (χ3n) is 2.76. The fraction of sp³-hybridized carbons (Fsp3) is 0.300. The molecule has 0 aromatic heterocycles. The van der Waals surface area contributed by atoms with Gasteiger partial charge in [0.25, 0.3) is 0 Å². The van der Waals surface area contributed by atoms with Gasteiger partial charge in [0.2, 0.25) is 0 Å². The van der Waals surface area contributed by atoms with Gasteiger partial charge in [-0.15, -0.1) is 0 Å². The van der Waals surface area contributed by atoms with Gasteiger partial charge in [-0.25, -0.2) is 4.39 Å². The molecule has 2 rings (SSSR count). The lowest BCUT2D eigenvalue weighted by molar-refractivity contribution is -0.146. The highest BCUT2D eigenvalue weighted by Gasteiger charge is 2.49. The Labute approximate surface area is 79.8 Å². The molecule has 0 radical (unpaired) electrons. The zero-order chi connectivity index (χ0) is 10.3. The minimum atomic E-state index is -1.28. The fourth-order valence-electron chi connectivity index (χ4n) is 1.86. The molecule has 74 valence electrons. The first-order chi connectivity index (χ1) is 6.60. The van der Waals surface area contributed by atoms with Gasteiger partial charge in [-0.2, -0.15) is 0 Å². The van der Waals surface area contributed by atoms with E-state index in [1.54, 1.807) is 6.07 Å². The Morgan fingerprint density at radius 2 is 2.29 bits per heavy atom. The summed E-state index contributed by atoms with van der Waals surface area (Å²) >= 11 is 0. The van der Waals surface area contributed by atoms with Crippen molar-refractivity contribution in [1.82, 2.24) is 0 Å². The van der Waals surface area contributed by atoms with Gasteiger partial charge in [0.05, 0.1) is 6.61 Å². The SMILES string of the molecule is O=C(O)C1(CO)Cc2ccc(F)cc21. The van der Waals surface area contributed by atoms with E-state index in [0.29, 0.717) is 5.56 Å². The van der Waals surface area contributed by atoms with E-state index in [1.165, 1.54) is 12.1 Å². The molecule has 0 heterocycles. The zero-order valence-corrected chi connectivity index (χ0v) is 7.33. The number of benzene rings is 1. The highest BCUT2D eigenvalue weighted by atomic mass is 19.1. The summed E-state index contributed by atoms with van der Waals surface area (Å²) in [4.78, 5) is 10.9. The van der Waals surface area contributed by atoms with Crippen LogP contribution in [0.3, 0.4) is 0 Å². The molecule has 1 unspecified atom stereocenters. The molecular weight excluding hydrogens is 187 g/mol. The van der Waals surface area contributed by atoms with E-state index < -0.39 is 23.8 Å². The van der Waals surface area contributed by atoms with Crippen molar-refractivity contribution in [2.45, 2.75) is 11.8 Å². The molecule has 0 aliphatic heterocycles. The van der Waals surface area contributed by atoms with E-state index in [0.717, 1.165) is 5.56 Å². The fourth-order valence-corrected chi connectivity index (χ4v) is 1.86. The smallest absolute Gasteiger partial charge is 0.316 e. The van der Waals surface area contributed by atoms with Gasteiger partial charge >= 0.3 is 5.97 Å². The maximum absolute atomic E-state index is 12.8. The minimum Gasteiger partial charge on any atom is -0.481 e. The molecule has 1 aliphatic rings. The van der Waals surface area contributed by atoms with E-state index in [9.17, 15) is 9.18 Å². The van der Waals surface area contributed by atoms with Crippen molar-refractivity contribution in [1.29, 1.82) is 0 Å². The molecule has 1 atom stereocenters. The predicted octanol–water partition coefficient (Wildman–Crippen LogP) is 0.697. The largest absolute Gasteiger partial charge is 0.481 e. The van der Waals surface area contributed by atoms with E-state index in [4.69, 9.17) is 10.2 Å². The number of aliphatic carboxylic acids is 1. The second kappa shape index (κ2) is 2.78. The molecule has 0 bridgehead atoms. The van der Waals surface area contributed by atoms with Crippen molar-refractivity contribution < 1.29 is 19.4 Å². The first-order valence-corrected chi connectivity index (χ1v) is 4.23. The molecule has 14 heavy (non-hydrogen) atoms. The van der Waals surface area contributed by atoms with E-state index in [-0.39, 0.29) is 6.42 Å². The van der Waals surface area contributed by atoms with Gasteiger partial charge in [0, 0.05) is 0 Å². The number of carbonyl (C=O) groups is 1. The summed E-state index contributed by atoms with van der Waals surface area (Å²) in [5.74, 6) is -1.57. The van der Waals surface area contributed by atoms with Crippen LogP contribution in [0.4, 0.5) is 4.39 Å². The quantitative estimate of drug-likeness (QED) is 0.731. The first-order valence-electron chi connectivity index (χ1n) is 4.23. The van der Waals surface area contributed by atoms with Gasteiger partial charge in [0.1, 0.15) is 11.2 Å². The number of carboxylic acids is 1. The van der Waals surface area contributed by atoms with Crippen molar-refractivity contribution in [3.63, 3.8) is 0 Å². The van der Waals surface area contributed by atoms with Gasteiger partial charge < -0.3 is 10.2 Å². The highest BCUT2D eigenvalue weighted by Crippen LogP contribution is 2.41. The molecule has 2 N–H and O–H groups in total. The first kappa shape index (κ1) is 9.15. The molecule has 0 saturated heterocycles. The normalized spacial score (nSPS) is 23.9. The van der Waals surface area contributed by atoms with Gasteiger partial charge in [-0.1, -0.05) is 6.07 Å². The number of fused-ring (bicyclic) bond motifs is 1. The molecule has 0 amide bonds. The van der Waals surface area contributed by atoms with Crippen LogP contribution in [-0.2, 0) is 16.6 Å². The second-order valence-corrected chi connectivity index (χ2v) is 3.52. The number of carboxylic acid groups (broad SMARTS) is 1. The summed E-state index contributed by atoms with van der Waals surface area (Å²) < 4.78 is 12.8. The van der Waals surface area contributed by atoms with Crippen LogP contribution < -0.4 is 0 Å². The number of aliphatic hydroxyl groups is 1. The standard InChI is InChI=1S/C10H9FO3/c11-7-2-1-6-4-10(5-12,9(13)14)8(6)3-7/h1-3,12H,4-5H2,(H,13,14). The summed E-state index contributed by atoms with van der Waals surface area (Å²) in [5.41, 5.74) is -0.0902. The molecule has 0 fully saturated rings. The van der Waals surface area contributed by atoms with Gasteiger partial charge in [-0.3, -0.25) is 4.79 Å². The van der Waals surface area contributed by atoms with E-state index >= 15 is 0 Å². The summed E-state index contributed by atoms with van der Waals surface area (Å²) in [6.45, 7) is -0.487. The lowest BCUT2D eigenvalue weighted by atomic mass is 9.64. The Balaban J connectivity index is 2.51. The van der Waals surface area contributed by atoms with Crippen molar-refractivity contribution in [2.75, 3.05) is 6.61 Å². The van der Waals surface area contributed by atoms with Crippen molar-refractivity contribution >= 4 is 5.97 Å². The molecule has 1 aromatic carbocycles. The van der Waals surface area contributed by atoms with Crippen LogP contribution >= 0.6 is 0 Å². The average Bonchev–Trinajstić information content (AvgIpc) is 2.11. The Hall–Kier alpha value is -1.42. The monoisotopic (exact) mass is 196 g/mol. The second-order valence-electron chi connectivity index (χ2n) is 3.52. The number of aliphatic hydroxyl groups excluding tert-OH is 1. The Bertz CT molecular complexity index is 402. The van der Waals surface area contributed by atoms with E-state index in [1.807, 2.05) is 0 Å².